The number of nitrogens with two attached hydrogens (primary N) is 2. The lowest BCUT2D eigenvalue weighted by atomic mass is 10.0. The molecule has 11 heteroatoms. The average molecular weight is 599 g/mol. The second-order valence-electron chi connectivity index (χ2n) is 8.89. The smallest absolute Gasteiger partial charge is 0.254 e. The zero-order chi connectivity index (χ0) is 29.5. The van der Waals surface area contributed by atoms with Crippen LogP contribution in [0.4, 0.5) is 21.6 Å². The van der Waals surface area contributed by atoms with E-state index in [1.807, 2.05) is 12.1 Å². The minimum atomic E-state index is -0.373. The molecule has 0 bridgehead atoms. The van der Waals surface area contributed by atoms with Crippen molar-refractivity contribution < 1.29 is 13.9 Å². The van der Waals surface area contributed by atoms with Gasteiger partial charge in [0.15, 0.2) is 0 Å². The van der Waals surface area contributed by atoms with E-state index in [0.717, 1.165) is 15.1 Å². The number of amides is 1. The van der Waals surface area contributed by atoms with E-state index in [2.05, 4.69) is 32.4 Å². The Morgan fingerprint density at radius 2 is 1.95 bits per heavy atom. The van der Waals surface area contributed by atoms with Gasteiger partial charge in [-0.1, -0.05) is 53.8 Å². The summed E-state index contributed by atoms with van der Waals surface area (Å²) in [6.07, 6.45) is 2.70. The summed E-state index contributed by atoms with van der Waals surface area (Å²) in [5.74, 6) is 6.37. The predicted octanol–water partition coefficient (Wildman–Crippen LogP) is 5.86. The fraction of sp³-hybridized carbons (Fsp3) is 0.0645. The Balaban J connectivity index is 1.23. The second kappa shape index (κ2) is 13.0. The number of fused-ring (bicyclic) bond motifs is 1. The van der Waals surface area contributed by atoms with E-state index in [4.69, 9.17) is 27.8 Å². The number of benzene rings is 3. The molecule has 0 saturated carbocycles. The number of nitrogen functional groups attached to an aromatic ring is 1. The third kappa shape index (κ3) is 6.78. The van der Waals surface area contributed by atoms with Crippen LogP contribution >= 0.6 is 22.9 Å². The van der Waals surface area contributed by atoms with Crippen LogP contribution in [0.2, 0.25) is 5.02 Å². The van der Waals surface area contributed by atoms with Gasteiger partial charge in [-0.05, 0) is 48.0 Å². The standard InChI is InChI=1S/C31H24ClFN6O2S/c32-26-14-21(10-11-28(26)41-17-19-5-3-6-20(33)13-19)39-29-24-15-22(42-31(24)38-18-37-29)7-4-12-36-30(40)25(16-34)23-8-1-2-9-27(23)35/h1-3,5-6,8-11,13-16,18H,12,17,34-35H2,(H,36,40)(H,37,38,39)/b25-16+. The zero-order valence-corrected chi connectivity index (χ0v) is 23.6. The lowest BCUT2D eigenvalue weighted by Crippen LogP contribution is -2.25. The first-order chi connectivity index (χ1) is 20.4. The van der Waals surface area contributed by atoms with Crippen molar-refractivity contribution in [3.05, 3.63) is 112 Å². The minimum absolute atomic E-state index is 0.111. The molecule has 42 heavy (non-hydrogen) atoms. The molecule has 2 aromatic heterocycles. The summed E-state index contributed by atoms with van der Waals surface area (Å²) in [6.45, 7) is 0.297. The van der Waals surface area contributed by atoms with Crippen molar-refractivity contribution in [2.24, 2.45) is 5.73 Å². The molecule has 6 N–H and O–H groups in total. The van der Waals surface area contributed by atoms with Crippen LogP contribution in [-0.4, -0.2) is 22.4 Å². The van der Waals surface area contributed by atoms with Crippen molar-refractivity contribution in [3.63, 3.8) is 0 Å². The molecule has 0 unspecified atom stereocenters. The van der Waals surface area contributed by atoms with Gasteiger partial charge in [0.1, 0.15) is 35.1 Å². The third-order valence-electron chi connectivity index (χ3n) is 6.02. The van der Waals surface area contributed by atoms with Crippen molar-refractivity contribution >= 4 is 61.8 Å². The molecule has 5 rings (SSSR count). The maximum absolute atomic E-state index is 13.4. The van der Waals surface area contributed by atoms with Crippen LogP contribution in [0.1, 0.15) is 16.0 Å². The van der Waals surface area contributed by atoms with Gasteiger partial charge in [-0.3, -0.25) is 4.79 Å². The fourth-order valence-electron chi connectivity index (χ4n) is 4.02. The van der Waals surface area contributed by atoms with Gasteiger partial charge in [0.2, 0.25) is 0 Å². The molecule has 5 aromatic rings. The number of aromatic nitrogens is 2. The van der Waals surface area contributed by atoms with Crippen molar-refractivity contribution in [1.29, 1.82) is 0 Å². The summed E-state index contributed by atoms with van der Waals surface area (Å²) in [6, 6.07) is 20.3. The third-order valence-corrected chi connectivity index (χ3v) is 7.27. The summed E-state index contributed by atoms with van der Waals surface area (Å²) >= 11 is 7.85. The van der Waals surface area contributed by atoms with Gasteiger partial charge in [-0.25, -0.2) is 14.4 Å². The molecule has 0 atom stereocenters. The summed E-state index contributed by atoms with van der Waals surface area (Å²) in [5.41, 5.74) is 14.3. The largest absolute Gasteiger partial charge is 0.487 e. The van der Waals surface area contributed by atoms with Crippen LogP contribution in [0.25, 0.3) is 15.8 Å². The first-order valence-corrected chi connectivity index (χ1v) is 13.8. The first kappa shape index (κ1) is 28.4. The highest BCUT2D eigenvalue weighted by atomic mass is 35.5. The quantitative estimate of drug-likeness (QED) is 0.100. The van der Waals surface area contributed by atoms with Gasteiger partial charge in [-0.2, -0.15) is 0 Å². The van der Waals surface area contributed by atoms with Crippen molar-refractivity contribution in [2.45, 2.75) is 6.61 Å². The van der Waals surface area contributed by atoms with E-state index < -0.39 is 0 Å². The number of ether oxygens (including phenoxy) is 1. The number of carbonyl (C=O) groups excluding carboxylic acids is 1. The maximum Gasteiger partial charge on any atom is 0.254 e. The van der Waals surface area contributed by atoms with E-state index in [-0.39, 0.29) is 30.4 Å². The van der Waals surface area contributed by atoms with E-state index in [0.29, 0.717) is 39.1 Å². The van der Waals surface area contributed by atoms with Gasteiger partial charge < -0.3 is 26.8 Å². The number of anilines is 3. The van der Waals surface area contributed by atoms with Crippen LogP contribution in [0.15, 0.2) is 85.3 Å². The van der Waals surface area contributed by atoms with Gasteiger partial charge >= 0.3 is 0 Å². The Morgan fingerprint density at radius 3 is 2.74 bits per heavy atom. The molecular formula is C31H24ClFN6O2S. The van der Waals surface area contributed by atoms with E-state index in [9.17, 15) is 9.18 Å². The normalized spacial score (nSPS) is 11.0. The van der Waals surface area contributed by atoms with E-state index in [1.165, 1.54) is 36.0 Å². The van der Waals surface area contributed by atoms with E-state index in [1.54, 1.807) is 48.5 Å². The molecule has 1 amide bonds. The van der Waals surface area contributed by atoms with Gasteiger partial charge in [0, 0.05) is 23.1 Å². The van der Waals surface area contributed by atoms with Crippen LogP contribution in [0, 0.1) is 17.7 Å². The van der Waals surface area contributed by atoms with Gasteiger partial charge in [0.05, 0.1) is 27.4 Å². The Labute approximate surface area is 250 Å². The Bertz CT molecular complexity index is 1860. The summed E-state index contributed by atoms with van der Waals surface area (Å²) in [4.78, 5) is 22.8. The van der Waals surface area contributed by atoms with Crippen LogP contribution in [0.5, 0.6) is 5.75 Å². The molecule has 2 heterocycles. The number of hydrogen-bond donors (Lipinski definition) is 4. The summed E-state index contributed by atoms with van der Waals surface area (Å²) in [5, 5.41) is 7.19. The highest BCUT2D eigenvalue weighted by Gasteiger charge is 2.13. The summed E-state index contributed by atoms with van der Waals surface area (Å²) in [7, 11) is 0. The fourth-order valence-corrected chi connectivity index (χ4v) is 5.13. The number of carbonyl (C=O) groups is 1. The lowest BCUT2D eigenvalue weighted by Gasteiger charge is -2.11. The Kier molecular flexibility index (Phi) is 8.82. The number of thiophene rings is 1. The molecule has 0 spiro atoms. The van der Waals surface area contributed by atoms with E-state index >= 15 is 0 Å². The molecular weight excluding hydrogens is 575 g/mol. The highest BCUT2D eigenvalue weighted by Crippen LogP contribution is 2.33. The highest BCUT2D eigenvalue weighted by molar-refractivity contribution is 7.19. The molecule has 3 aromatic carbocycles. The number of hydrogen-bond acceptors (Lipinski definition) is 8. The summed E-state index contributed by atoms with van der Waals surface area (Å²) < 4.78 is 19.2. The SMILES string of the molecule is N/C=C(/C(=O)NCC#Cc1cc2c(Nc3ccc(OCc4cccc(F)c4)c(Cl)c3)ncnc2s1)c1ccccc1N. The monoisotopic (exact) mass is 598 g/mol. The van der Waals surface area contributed by atoms with Crippen LogP contribution in [0.3, 0.4) is 0 Å². The molecule has 0 aliphatic heterocycles. The average Bonchev–Trinajstić information content (AvgIpc) is 3.40. The first-order valence-electron chi connectivity index (χ1n) is 12.6. The Morgan fingerprint density at radius 1 is 1.10 bits per heavy atom. The predicted molar refractivity (Wildman–Crippen MR) is 166 cm³/mol. The Hall–Kier alpha value is -5.11. The molecule has 210 valence electrons. The van der Waals surface area contributed by atoms with Crippen molar-refractivity contribution in [2.75, 3.05) is 17.6 Å². The van der Waals surface area contributed by atoms with Gasteiger partial charge in [0.25, 0.3) is 5.91 Å². The topological polar surface area (TPSA) is 128 Å². The molecule has 8 nitrogen and oxygen atoms in total. The number of para-hydroxylation sites is 1. The van der Waals surface area contributed by atoms with Crippen molar-refractivity contribution in [1.82, 2.24) is 15.3 Å². The second-order valence-corrected chi connectivity index (χ2v) is 10.3. The molecule has 0 fully saturated rings. The molecule has 0 aliphatic carbocycles. The van der Waals surface area contributed by atoms with Crippen molar-refractivity contribution in [3.8, 4) is 17.6 Å². The number of rotatable bonds is 8. The van der Waals surface area contributed by atoms with Crippen LogP contribution in [-0.2, 0) is 11.4 Å². The lowest BCUT2D eigenvalue weighted by molar-refractivity contribution is -0.115. The number of nitrogens with zero attached hydrogens (tertiary/aromatic N) is 2. The zero-order valence-electron chi connectivity index (χ0n) is 22.0. The van der Waals surface area contributed by atoms with Gasteiger partial charge in [-0.15, -0.1) is 11.3 Å². The minimum Gasteiger partial charge on any atom is -0.487 e. The number of nitrogens with one attached hydrogen (secondary N) is 2. The molecule has 0 radical (unpaired) electrons. The maximum atomic E-state index is 13.4. The number of halogens is 2. The molecule has 0 saturated heterocycles. The molecule has 0 aliphatic rings. The van der Waals surface area contributed by atoms with Crippen LogP contribution < -0.4 is 26.8 Å².